The zero-order valence-corrected chi connectivity index (χ0v) is 41.3. The van der Waals surface area contributed by atoms with E-state index in [0.717, 1.165) is 38.9 Å². The van der Waals surface area contributed by atoms with Crippen molar-refractivity contribution in [2.24, 2.45) is 5.11 Å². The summed E-state index contributed by atoms with van der Waals surface area (Å²) >= 11 is 0. The molecule has 2 aliphatic rings. The van der Waals surface area contributed by atoms with Gasteiger partial charge in [-0.25, -0.2) is 0 Å². The van der Waals surface area contributed by atoms with Crippen molar-refractivity contribution in [1.82, 2.24) is 0 Å². The van der Waals surface area contributed by atoms with E-state index in [2.05, 4.69) is 10.0 Å². The van der Waals surface area contributed by atoms with Crippen LogP contribution in [0.25, 0.3) is 10.4 Å². The molecule has 0 N–H and O–H groups in total. The van der Waals surface area contributed by atoms with Crippen molar-refractivity contribution < 1.29 is 47.4 Å². The van der Waals surface area contributed by atoms with Crippen LogP contribution in [0.5, 0.6) is 0 Å². The Morgan fingerprint density at radius 3 is 1.04 bits per heavy atom. The van der Waals surface area contributed by atoms with Gasteiger partial charge < -0.3 is 47.4 Å². The van der Waals surface area contributed by atoms with Gasteiger partial charge in [0.1, 0.15) is 48.8 Å². The average molecular weight is 998 g/mol. The Hall–Kier alpha value is -6.55. The third-order valence-electron chi connectivity index (χ3n) is 12.9. The van der Waals surface area contributed by atoms with Gasteiger partial charge in [-0.3, -0.25) is 0 Å². The van der Waals surface area contributed by atoms with Gasteiger partial charge in [0, 0.05) is 4.91 Å². The second-order valence-electron chi connectivity index (χ2n) is 18.2. The summed E-state index contributed by atoms with van der Waals surface area (Å²) in [6.07, 6.45) is -8.24. The molecular formula is C61H63N3O10. The van der Waals surface area contributed by atoms with Gasteiger partial charge >= 0.3 is 0 Å². The van der Waals surface area contributed by atoms with E-state index < -0.39 is 61.3 Å². The van der Waals surface area contributed by atoms with Gasteiger partial charge in [0.2, 0.25) is 0 Å². The first-order valence-electron chi connectivity index (χ1n) is 25.2. The van der Waals surface area contributed by atoms with Crippen LogP contribution in [0.3, 0.4) is 0 Å². The summed E-state index contributed by atoms with van der Waals surface area (Å²) < 4.78 is 68.8. The summed E-state index contributed by atoms with van der Waals surface area (Å²) in [5, 5.41) is 4.43. The molecule has 9 rings (SSSR count). The number of benzene rings is 7. The molecule has 0 amide bonds. The standard InChI is InChI=1S/C61H63N3O10/c62-64-63-54-57(68-39-48-28-14-4-15-29-48)55(67-38-47-26-12-3-13-27-47)52(43-65-36-45-22-8-1-9-23-45)72-60(54)74-56-53(44-66-37-46-24-10-2-11-25-46)73-61(71-42-51-34-20-7-21-35-51)59(70-41-50-32-18-6-19-33-50)58(56)69-40-49-30-16-5-17-31-49/h1-35,52-61H,36-44H2/t52-,53-,54+,55-,56-,57-,58+,59-,60+,61-/m1/s1. The molecule has 0 aromatic heterocycles. The van der Waals surface area contributed by atoms with Gasteiger partial charge in [-0.2, -0.15) is 0 Å². The maximum atomic E-state index is 10.4. The number of hydrogen-bond acceptors (Lipinski definition) is 11. The lowest BCUT2D eigenvalue weighted by Crippen LogP contribution is -2.65. The SMILES string of the molecule is [N-]=[N+]=N[C@@H]1[C@H](O[C@H]2[C@H](OCc3ccccc3)[C@@H](OCc3ccccc3)[C@H](OCc3ccccc3)O[C@@H]2COCc2ccccc2)O[C@H](COCc2ccccc2)[C@@H](OCc2ccccc2)[C@@H]1OCc1ccccc1. The van der Waals surface area contributed by atoms with Crippen LogP contribution in [-0.2, 0) is 93.6 Å². The van der Waals surface area contributed by atoms with Crippen LogP contribution in [0.4, 0.5) is 0 Å². The molecule has 13 nitrogen and oxygen atoms in total. The molecule has 382 valence electrons. The van der Waals surface area contributed by atoms with Gasteiger partial charge in [0.25, 0.3) is 0 Å². The lowest BCUT2D eigenvalue weighted by molar-refractivity contribution is -0.362. The Kier molecular flexibility index (Phi) is 19.9. The maximum Gasteiger partial charge on any atom is 0.187 e. The second kappa shape index (κ2) is 28.2. The minimum Gasteiger partial charge on any atom is -0.374 e. The average Bonchev–Trinajstić information content (AvgIpc) is 3.46. The normalized spacial score (nSPS) is 23.7. The van der Waals surface area contributed by atoms with Crippen molar-refractivity contribution in [2.45, 2.75) is 108 Å². The van der Waals surface area contributed by atoms with E-state index in [-0.39, 0.29) is 46.2 Å². The fourth-order valence-corrected chi connectivity index (χ4v) is 9.10. The van der Waals surface area contributed by atoms with Crippen LogP contribution in [0.15, 0.2) is 217 Å². The van der Waals surface area contributed by atoms with Gasteiger partial charge in [0.15, 0.2) is 12.6 Å². The van der Waals surface area contributed by atoms with Crippen molar-refractivity contribution in [3.05, 3.63) is 262 Å². The fourth-order valence-electron chi connectivity index (χ4n) is 9.10. The summed E-state index contributed by atoms with van der Waals surface area (Å²) in [4.78, 5) is 3.39. The molecule has 0 radical (unpaired) electrons. The predicted octanol–water partition coefficient (Wildman–Crippen LogP) is 11.5. The van der Waals surface area contributed by atoms with E-state index in [0.29, 0.717) is 13.2 Å². The molecule has 2 fully saturated rings. The van der Waals surface area contributed by atoms with Crippen molar-refractivity contribution >= 4 is 0 Å². The fraction of sp³-hybridized carbons (Fsp3) is 0.311. The zero-order chi connectivity index (χ0) is 50.4. The topological polar surface area (TPSA) is 141 Å². The maximum absolute atomic E-state index is 10.4. The van der Waals surface area contributed by atoms with Crippen LogP contribution in [0.2, 0.25) is 0 Å². The van der Waals surface area contributed by atoms with E-state index in [4.69, 9.17) is 47.4 Å². The quantitative estimate of drug-likeness (QED) is 0.0292. The highest BCUT2D eigenvalue weighted by atomic mass is 16.8. The third-order valence-corrected chi connectivity index (χ3v) is 12.9. The van der Waals surface area contributed by atoms with Gasteiger partial charge in [-0.1, -0.05) is 217 Å². The monoisotopic (exact) mass is 997 g/mol. The highest BCUT2D eigenvalue weighted by Gasteiger charge is 2.54. The highest BCUT2D eigenvalue weighted by Crippen LogP contribution is 2.37. The smallest absolute Gasteiger partial charge is 0.187 e. The van der Waals surface area contributed by atoms with Crippen LogP contribution in [0, 0.1) is 0 Å². The van der Waals surface area contributed by atoms with E-state index in [1.807, 2.05) is 212 Å². The number of hydrogen-bond donors (Lipinski definition) is 0. The van der Waals surface area contributed by atoms with Gasteiger partial charge in [-0.15, -0.1) is 0 Å². The number of rotatable bonds is 26. The predicted molar refractivity (Wildman–Crippen MR) is 279 cm³/mol. The minimum absolute atomic E-state index is 0.0562. The van der Waals surface area contributed by atoms with Gasteiger partial charge in [0.05, 0.1) is 59.5 Å². The largest absolute Gasteiger partial charge is 0.374 e. The summed E-state index contributed by atoms with van der Waals surface area (Å²) in [6, 6.07) is 68.2. The first-order chi connectivity index (χ1) is 36.7. The lowest BCUT2D eigenvalue weighted by atomic mass is 9.95. The summed E-state index contributed by atoms with van der Waals surface area (Å²) in [5.74, 6) is 0. The van der Waals surface area contributed by atoms with Gasteiger partial charge in [-0.05, 0) is 44.5 Å². The van der Waals surface area contributed by atoms with Crippen molar-refractivity contribution in [3.8, 4) is 0 Å². The summed E-state index contributed by atoms with van der Waals surface area (Å²) in [7, 11) is 0. The first-order valence-corrected chi connectivity index (χ1v) is 25.2. The van der Waals surface area contributed by atoms with Crippen LogP contribution in [0.1, 0.15) is 38.9 Å². The molecule has 10 atom stereocenters. The Labute approximate surface area is 433 Å². The molecule has 7 aromatic carbocycles. The van der Waals surface area contributed by atoms with Crippen molar-refractivity contribution in [2.75, 3.05) is 13.2 Å². The molecule has 74 heavy (non-hydrogen) atoms. The molecule has 2 heterocycles. The third kappa shape index (κ3) is 15.3. The van der Waals surface area contributed by atoms with E-state index >= 15 is 0 Å². The summed E-state index contributed by atoms with van der Waals surface area (Å²) in [5.41, 5.74) is 17.1. The first kappa shape index (κ1) is 52.3. The Bertz CT molecular complexity index is 2690. The van der Waals surface area contributed by atoms with E-state index in [1.54, 1.807) is 0 Å². The molecule has 7 aromatic rings. The molecule has 0 saturated carbocycles. The molecule has 0 unspecified atom stereocenters. The molecule has 2 aliphatic heterocycles. The van der Waals surface area contributed by atoms with E-state index in [1.165, 1.54) is 0 Å². The van der Waals surface area contributed by atoms with E-state index in [9.17, 15) is 5.53 Å². The zero-order valence-electron chi connectivity index (χ0n) is 41.3. The molecule has 0 aliphatic carbocycles. The highest BCUT2D eigenvalue weighted by molar-refractivity contribution is 5.19. The Balaban J connectivity index is 1.10. The molecule has 0 bridgehead atoms. The lowest BCUT2D eigenvalue weighted by Gasteiger charge is -2.49. The molecule has 2 saturated heterocycles. The Morgan fingerprint density at radius 1 is 0.338 bits per heavy atom. The van der Waals surface area contributed by atoms with Crippen molar-refractivity contribution in [1.29, 1.82) is 0 Å². The minimum atomic E-state index is -1.25. The summed E-state index contributed by atoms with van der Waals surface area (Å²) in [6.45, 7) is 1.78. The number of nitrogens with zero attached hydrogens (tertiary/aromatic N) is 3. The van der Waals surface area contributed by atoms with Crippen LogP contribution < -0.4 is 0 Å². The number of ether oxygens (including phenoxy) is 10. The second-order valence-corrected chi connectivity index (χ2v) is 18.2. The van der Waals surface area contributed by atoms with Crippen LogP contribution >= 0.6 is 0 Å². The Morgan fingerprint density at radius 2 is 0.649 bits per heavy atom. The molecule has 0 spiro atoms. The van der Waals surface area contributed by atoms with Crippen molar-refractivity contribution in [3.63, 3.8) is 0 Å². The molecular weight excluding hydrogens is 935 g/mol. The van der Waals surface area contributed by atoms with Crippen LogP contribution in [-0.4, -0.2) is 74.6 Å². The number of azide groups is 1. The molecule has 13 heteroatoms.